The fraction of sp³-hybridized carbons (Fsp3) is 0.409. The second-order valence-electron chi connectivity index (χ2n) is 8.65. The lowest BCUT2D eigenvalue weighted by Gasteiger charge is -2.35. The van der Waals surface area contributed by atoms with Gasteiger partial charge in [0.1, 0.15) is 6.54 Å². The predicted molar refractivity (Wildman–Crippen MR) is 136 cm³/mol. The van der Waals surface area contributed by atoms with Crippen molar-refractivity contribution in [3.8, 4) is 0 Å². The first kappa shape index (κ1) is 28.1. The van der Waals surface area contributed by atoms with E-state index in [1.54, 1.807) is 24.3 Å². The van der Waals surface area contributed by atoms with Crippen molar-refractivity contribution in [1.82, 2.24) is 13.5 Å². The van der Waals surface area contributed by atoms with Gasteiger partial charge in [-0.3, -0.25) is 9.10 Å². The molecular formula is C22H30N4O7S3. The van der Waals surface area contributed by atoms with Gasteiger partial charge in [-0.05, 0) is 43.3 Å². The zero-order valence-electron chi connectivity index (χ0n) is 20.5. The van der Waals surface area contributed by atoms with Crippen molar-refractivity contribution in [2.45, 2.75) is 16.7 Å². The van der Waals surface area contributed by atoms with Crippen LogP contribution in [0.3, 0.4) is 0 Å². The molecule has 2 aromatic carbocycles. The van der Waals surface area contributed by atoms with E-state index in [0.29, 0.717) is 0 Å². The standard InChI is InChI=1S/C22H30N4O7S3/c1-18-5-9-21(10-6-18)36(32,33)25-15-13-24(14-16-25)22(27)17-26(34(4,28)29)19-7-11-20(12-8-19)35(30,31)23(2)3/h5-12H,13-17H2,1-4H3. The lowest BCUT2D eigenvalue weighted by Crippen LogP contribution is -2.53. The molecule has 3 rings (SSSR count). The number of amides is 1. The summed E-state index contributed by atoms with van der Waals surface area (Å²) in [5.41, 5.74) is 1.08. The van der Waals surface area contributed by atoms with Gasteiger partial charge < -0.3 is 4.90 Å². The summed E-state index contributed by atoms with van der Waals surface area (Å²) in [6.07, 6.45) is 0.955. The third-order valence-electron chi connectivity index (χ3n) is 5.83. The zero-order chi connectivity index (χ0) is 26.9. The Morgan fingerprint density at radius 2 is 1.31 bits per heavy atom. The summed E-state index contributed by atoms with van der Waals surface area (Å²) >= 11 is 0. The number of nitrogens with zero attached hydrogens (tertiary/aromatic N) is 4. The highest BCUT2D eigenvalue weighted by atomic mass is 32.2. The van der Waals surface area contributed by atoms with E-state index in [1.807, 2.05) is 6.92 Å². The minimum Gasteiger partial charge on any atom is -0.338 e. The highest BCUT2D eigenvalue weighted by Crippen LogP contribution is 2.23. The Hall–Kier alpha value is -2.52. The van der Waals surface area contributed by atoms with Gasteiger partial charge in [-0.1, -0.05) is 17.7 Å². The van der Waals surface area contributed by atoms with E-state index >= 15 is 0 Å². The highest BCUT2D eigenvalue weighted by molar-refractivity contribution is 7.92. The maximum Gasteiger partial charge on any atom is 0.243 e. The van der Waals surface area contributed by atoms with Gasteiger partial charge in [-0.15, -0.1) is 0 Å². The monoisotopic (exact) mass is 558 g/mol. The topological polar surface area (TPSA) is 132 Å². The van der Waals surface area contributed by atoms with Gasteiger partial charge >= 0.3 is 0 Å². The summed E-state index contributed by atoms with van der Waals surface area (Å²) in [4.78, 5) is 14.5. The highest BCUT2D eigenvalue weighted by Gasteiger charge is 2.32. The molecule has 198 valence electrons. The van der Waals surface area contributed by atoms with E-state index < -0.39 is 42.5 Å². The smallest absolute Gasteiger partial charge is 0.243 e. The molecule has 1 fully saturated rings. The summed E-state index contributed by atoms with van der Waals surface area (Å²) in [6.45, 7) is 1.75. The Morgan fingerprint density at radius 3 is 1.78 bits per heavy atom. The first-order valence-electron chi connectivity index (χ1n) is 11.0. The Morgan fingerprint density at radius 1 is 0.806 bits per heavy atom. The molecular weight excluding hydrogens is 528 g/mol. The lowest BCUT2D eigenvalue weighted by molar-refractivity contribution is -0.130. The first-order valence-corrected chi connectivity index (χ1v) is 15.7. The van der Waals surface area contributed by atoms with E-state index in [2.05, 4.69) is 0 Å². The third-order valence-corrected chi connectivity index (χ3v) is 10.7. The number of hydrogen-bond acceptors (Lipinski definition) is 7. The van der Waals surface area contributed by atoms with E-state index in [0.717, 1.165) is 20.4 Å². The van der Waals surface area contributed by atoms with Gasteiger partial charge in [0, 0.05) is 40.3 Å². The van der Waals surface area contributed by atoms with Crippen molar-refractivity contribution in [1.29, 1.82) is 0 Å². The van der Waals surface area contributed by atoms with Crippen LogP contribution in [0.5, 0.6) is 0 Å². The number of hydrogen-bond donors (Lipinski definition) is 0. The molecule has 1 saturated heterocycles. The van der Waals surface area contributed by atoms with Gasteiger partial charge in [0.15, 0.2) is 0 Å². The summed E-state index contributed by atoms with van der Waals surface area (Å²) < 4.78 is 78.5. The van der Waals surface area contributed by atoms with Crippen molar-refractivity contribution in [3.63, 3.8) is 0 Å². The Bertz CT molecular complexity index is 1410. The van der Waals surface area contributed by atoms with Crippen molar-refractivity contribution in [3.05, 3.63) is 54.1 Å². The molecule has 14 heteroatoms. The second kappa shape index (κ2) is 10.5. The molecule has 0 saturated carbocycles. The van der Waals surface area contributed by atoms with Crippen LogP contribution in [0.2, 0.25) is 0 Å². The molecule has 0 aromatic heterocycles. The number of sulfonamides is 3. The van der Waals surface area contributed by atoms with Crippen molar-refractivity contribution in [2.24, 2.45) is 0 Å². The molecule has 0 aliphatic carbocycles. The molecule has 1 amide bonds. The summed E-state index contributed by atoms with van der Waals surface area (Å²) in [5, 5.41) is 0. The quantitative estimate of drug-likeness (QED) is 0.462. The van der Waals surface area contributed by atoms with Gasteiger partial charge in [0.2, 0.25) is 36.0 Å². The number of rotatable bonds is 8. The van der Waals surface area contributed by atoms with Gasteiger partial charge in [-0.25, -0.2) is 29.6 Å². The number of carbonyl (C=O) groups excluding carboxylic acids is 1. The fourth-order valence-corrected chi connectivity index (χ4v) is 6.83. The van der Waals surface area contributed by atoms with Crippen LogP contribution in [0.4, 0.5) is 5.69 Å². The molecule has 0 unspecified atom stereocenters. The van der Waals surface area contributed by atoms with Crippen molar-refractivity contribution < 1.29 is 30.0 Å². The summed E-state index contributed by atoms with van der Waals surface area (Å²) in [7, 11) is -8.50. The summed E-state index contributed by atoms with van der Waals surface area (Å²) in [5.74, 6) is -0.488. The molecule has 1 aliphatic heterocycles. The molecule has 1 heterocycles. The van der Waals surface area contributed by atoms with Crippen LogP contribution < -0.4 is 4.31 Å². The van der Waals surface area contributed by atoms with Gasteiger partial charge in [0.25, 0.3) is 0 Å². The number of carbonyl (C=O) groups is 1. The Labute approximate surface area is 213 Å². The lowest BCUT2D eigenvalue weighted by atomic mass is 10.2. The van der Waals surface area contributed by atoms with E-state index in [4.69, 9.17) is 0 Å². The molecule has 0 atom stereocenters. The normalized spacial score (nSPS) is 15.8. The minimum atomic E-state index is -3.87. The largest absolute Gasteiger partial charge is 0.338 e. The fourth-order valence-electron chi connectivity index (χ4n) is 3.66. The molecule has 0 radical (unpaired) electrons. The molecule has 11 nitrogen and oxygen atoms in total. The van der Waals surface area contributed by atoms with Crippen LogP contribution in [0.15, 0.2) is 58.3 Å². The Balaban J connectivity index is 1.71. The number of piperazine rings is 1. The molecule has 2 aromatic rings. The van der Waals surface area contributed by atoms with Crippen LogP contribution in [-0.2, 0) is 34.9 Å². The molecule has 0 N–H and O–H groups in total. The average molecular weight is 559 g/mol. The van der Waals surface area contributed by atoms with Crippen molar-refractivity contribution >= 4 is 41.7 Å². The third kappa shape index (κ3) is 6.06. The van der Waals surface area contributed by atoms with Crippen LogP contribution in [-0.4, -0.2) is 97.7 Å². The SMILES string of the molecule is Cc1ccc(S(=O)(=O)N2CCN(C(=O)CN(c3ccc(S(=O)(=O)N(C)C)cc3)S(C)(=O)=O)CC2)cc1. The van der Waals surface area contributed by atoms with Crippen LogP contribution in [0.1, 0.15) is 5.56 Å². The Kier molecular flexibility index (Phi) is 8.15. The van der Waals surface area contributed by atoms with E-state index in [-0.39, 0.29) is 41.7 Å². The maximum absolute atomic E-state index is 13.0. The predicted octanol–water partition coefficient (Wildman–Crippen LogP) is 0.544. The second-order valence-corrected chi connectivity index (χ2v) is 14.6. The van der Waals surface area contributed by atoms with Crippen molar-refractivity contribution in [2.75, 3.05) is 57.4 Å². The number of benzene rings is 2. The van der Waals surface area contributed by atoms with Gasteiger partial charge in [0.05, 0.1) is 21.7 Å². The molecule has 0 spiro atoms. The van der Waals surface area contributed by atoms with E-state index in [1.165, 1.54) is 47.6 Å². The maximum atomic E-state index is 13.0. The number of anilines is 1. The molecule has 1 aliphatic rings. The van der Waals surface area contributed by atoms with Crippen LogP contribution in [0.25, 0.3) is 0 Å². The van der Waals surface area contributed by atoms with Crippen LogP contribution in [0, 0.1) is 6.92 Å². The number of aryl methyl sites for hydroxylation is 1. The summed E-state index contributed by atoms with van der Waals surface area (Å²) in [6, 6.07) is 11.7. The van der Waals surface area contributed by atoms with Gasteiger partial charge in [-0.2, -0.15) is 4.31 Å². The average Bonchev–Trinajstić information content (AvgIpc) is 2.82. The minimum absolute atomic E-state index is 0.0121. The molecule has 0 bridgehead atoms. The van der Waals surface area contributed by atoms with E-state index in [9.17, 15) is 30.0 Å². The zero-order valence-corrected chi connectivity index (χ0v) is 23.0. The first-order chi connectivity index (χ1) is 16.6. The molecule has 36 heavy (non-hydrogen) atoms. The van der Waals surface area contributed by atoms with Crippen LogP contribution >= 0.6 is 0 Å².